The zero-order valence-corrected chi connectivity index (χ0v) is 13.5. The lowest BCUT2D eigenvalue weighted by Crippen LogP contribution is -2.12. The van der Waals surface area contributed by atoms with Crippen molar-refractivity contribution < 1.29 is 23.8 Å². The largest absolute Gasteiger partial charge is 0.482 e. The molecule has 6 heteroatoms. The van der Waals surface area contributed by atoms with E-state index in [1.807, 2.05) is 30.3 Å². The summed E-state index contributed by atoms with van der Waals surface area (Å²) in [7, 11) is 1.29. The highest BCUT2D eigenvalue weighted by Gasteiger charge is 2.23. The van der Waals surface area contributed by atoms with Crippen molar-refractivity contribution in [1.82, 2.24) is 0 Å². The first-order chi connectivity index (χ1) is 12.2. The van der Waals surface area contributed by atoms with Crippen LogP contribution in [-0.2, 0) is 19.1 Å². The lowest BCUT2D eigenvalue weighted by atomic mass is 10.2. The van der Waals surface area contributed by atoms with Crippen molar-refractivity contribution in [2.24, 2.45) is 4.99 Å². The molecule has 0 bridgehead atoms. The van der Waals surface area contributed by atoms with Crippen molar-refractivity contribution in [2.75, 3.05) is 13.7 Å². The minimum Gasteiger partial charge on any atom is -0.482 e. The topological polar surface area (TPSA) is 74.2 Å². The summed E-state index contributed by atoms with van der Waals surface area (Å²) in [5.74, 6) is -0.228. The fourth-order valence-corrected chi connectivity index (χ4v) is 2.17. The van der Waals surface area contributed by atoms with Gasteiger partial charge in [0, 0.05) is 5.56 Å². The highest BCUT2D eigenvalue weighted by atomic mass is 16.6. The van der Waals surface area contributed by atoms with Crippen molar-refractivity contribution in [2.45, 2.75) is 0 Å². The molecule has 0 unspecified atom stereocenters. The van der Waals surface area contributed by atoms with E-state index in [4.69, 9.17) is 9.47 Å². The standard InChI is InChI=1S/C19H15NO5/c1-23-17(21)12-24-15-9-5-6-13(10-15)11-16-19(22)25-18(20-16)14-7-3-2-4-8-14/h2-11H,12H2,1H3/b16-11-. The van der Waals surface area contributed by atoms with Crippen LogP contribution in [0.2, 0.25) is 0 Å². The highest BCUT2D eigenvalue weighted by molar-refractivity contribution is 6.12. The Bertz CT molecular complexity index is 855. The molecule has 3 rings (SSSR count). The molecule has 1 aliphatic heterocycles. The smallest absolute Gasteiger partial charge is 0.363 e. The summed E-state index contributed by atoms with van der Waals surface area (Å²) >= 11 is 0. The summed E-state index contributed by atoms with van der Waals surface area (Å²) in [6.45, 7) is -0.186. The third-order valence-corrected chi connectivity index (χ3v) is 3.39. The number of methoxy groups -OCH3 is 1. The molecule has 0 aliphatic carbocycles. The average molecular weight is 337 g/mol. The number of hydrogen-bond acceptors (Lipinski definition) is 6. The molecule has 0 N–H and O–H groups in total. The van der Waals surface area contributed by atoms with Crippen LogP contribution in [0.5, 0.6) is 5.75 Å². The molecule has 2 aromatic rings. The van der Waals surface area contributed by atoms with Gasteiger partial charge in [-0.2, -0.15) is 0 Å². The van der Waals surface area contributed by atoms with E-state index in [2.05, 4.69) is 9.73 Å². The van der Waals surface area contributed by atoms with Crippen LogP contribution in [0.4, 0.5) is 0 Å². The van der Waals surface area contributed by atoms with Crippen LogP contribution < -0.4 is 4.74 Å². The van der Waals surface area contributed by atoms with E-state index in [1.165, 1.54) is 7.11 Å². The Morgan fingerprint density at radius 2 is 1.96 bits per heavy atom. The lowest BCUT2D eigenvalue weighted by Gasteiger charge is -2.05. The number of ether oxygens (including phenoxy) is 3. The molecule has 1 heterocycles. The number of nitrogens with zero attached hydrogens (tertiary/aromatic N) is 1. The minimum atomic E-state index is -0.514. The monoisotopic (exact) mass is 337 g/mol. The Balaban J connectivity index is 1.79. The molecule has 0 spiro atoms. The first-order valence-corrected chi connectivity index (χ1v) is 7.53. The van der Waals surface area contributed by atoms with Crippen LogP contribution in [0.25, 0.3) is 6.08 Å². The van der Waals surface area contributed by atoms with Crippen molar-refractivity contribution in [3.63, 3.8) is 0 Å². The Hall–Kier alpha value is -3.41. The number of rotatable bonds is 5. The average Bonchev–Trinajstić information content (AvgIpc) is 3.01. The van der Waals surface area contributed by atoms with Gasteiger partial charge in [0.2, 0.25) is 5.90 Å². The molecule has 0 saturated heterocycles. The van der Waals surface area contributed by atoms with Gasteiger partial charge in [-0.1, -0.05) is 30.3 Å². The second-order valence-corrected chi connectivity index (χ2v) is 5.14. The van der Waals surface area contributed by atoms with Crippen LogP contribution in [0, 0.1) is 0 Å². The van der Waals surface area contributed by atoms with Crippen molar-refractivity contribution in [3.8, 4) is 5.75 Å². The van der Waals surface area contributed by atoms with Gasteiger partial charge < -0.3 is 14.2 Å². The van der Waals surface area contributed by atoms with Gasteiger partial charge in [-0.05, 0) is 35.9 Å². The molecule has 0 aromatic heterocycles. The normalized spacial score (nSPS) is 14.8. The fourth-order valence-electron chi connectivity index (χ4n) is 2.17. The number of carbonyl (C=O) groups excluding carboxylic acids is 2. The van der Waals surface area contributed by atoms with Crippen LogP contribution in [-0.4, -0.2) is 31.6 Å². The summed E-state index contributed by atoms with van der Waals surface area (Å²) in [6, 6.07) is 16.1. The van der Waals surface area contributed by atoms with E-state index < -0.39 is 11.9 Å². The molecule has 0 fully saturated rings. The van der Waals surface area contributed by atoms with Crippen molar-refractivity contribution >= 4 is 23.9 Å². The van der Waals surface area contributed by atoms with Crippen molar-refractivity contribution in [3.05, 3.63) is 71.4 Å². The van der Waals surface area contributed by atoms with E-state index in [0.29, 0.717) is 11.3 Å². The zero-order chi connectivity index (χ0) is 17.6. The predicted octanol–water partition coefficient (Wildman–Crippen LogP) is 2.58. The maximum atomic E-state index is 12.0. The lowest BCUT2D eigenvalue weighted by molar-refractivity contribution is -0.142. The zero-order valence-electron chi connectivity index (χ0n) is 13.5. The summed E-state index contributed by atoms with van der Waals surface area (Å²) in [4.78, 5) is 27.4. The summed E-state index contributed by atoms with van der Waals surface area (Å²) in [5.41, 5.74) is 1.63. The molecule has 6 nitrogen and oxygen atoms in total. The van der Waals surface area contributed by atoms with Gasteiger partial charge >= 0.3 is 11.9 Å². The van der Waals surface area contributed by atoms with Gasteiger partial charge in [0.05, 0.1) is 7.11 Å². The van der Waals surface area contributed by atoms with E-state index in [-0.39, 0.29) is 18.2 Å². The van der Waals surface area contributed by atoms with Crippen molar-refractivity contribution in [1.29, 1.82) is 0 Å². The van der Waals surface area contributed by atoms with Gasteiger partial charge in [-0.25, -0.2) is 14.6 Å². The molecular formula is C19H15NO5. The Morgan fingerprint density at radius 1 is 1.16 bits per heavy atom. The number of esters is 2. The minimum absolute atomic E-state index is 0.186. The quantitative estimate of drug-likeness (QED) is 0.619. The van der Waals surface area contributed by atoms with Gasteiger partial charge in [-0.15, -0.1) is 0 Å². The van der Waals surface area contributed by atoms with E-state index >= 15 is 0 Å². The molecule has 126 valence electrons. The molecule has 0 atom stereocenters. The maximum absolute atomic E-state index is 12.0. The molecular weight excluding hydrogens is 322 g/mol. The summed E-state index contributed by atoms with van der Waals surface area (Å²) in [6.07, 6.45) is 1.60. The molecule has 0 amide bonds. The maximum Gasteiger partial charge on any atom is 0.363 e. The fraction of sp³-hybridized carbons (Fsp3) is 0.105. The highest BCUT2D eigenvalue weighted by Crippen LogP contribution is 2.21. The van der Waals surface area contributed by atoms with Crippen LogP contribution >= 0.6 is 0 Å². The summed E-state index contributed by atoms with van der Waals surface area (Å²) in [5, 5.41) is 0. The predicted molar refractivity (Wildman–Crippen MR) is 91.0 cm³/mol. The molecule has 25 heavy (non-hydrogen) atoms. The molecule has 0 saturated carbocycles. The van der Waals surface area contributed by atoms with Gasteiger partial charge in [0.25, 0.3) is 0 Å². The number of hydrogen-bond donors (Lipinski definition) is 0. The number of carbonyl (C=O) groups is 2. The van der Waals surface area contributed by atoms with E-state index in [0.717, 1.165) is 5.56 Å². The van der Waals surface area contributed by atoms with Crippen LogP contribution in [0.1, 0.15) is 11.1 Å². The number of benzene rings is 2. The number of aliphatic imine (C=N–C) groups is 1. The number of cyclic esters (lactones) is 1. The SMILES string of the molecule is COC(=O)COc1cccc(/C=C2\N=C(c3ccccc3)OC2=O)c1. The van der Waals surface area contributed by atoms with Gasteiger partial charge in [0.15, 0.2) is 12.3 Å². The Morgan fingerprint density at radius 3 is 2.72 bits per heavy atom. The second kappa shape index (κ2) is 7.44. The van der Waals surface area contributed by atoms with E-state index in [1.54, 1.807) is 30.3 Å². The Kier molecular flexibility index (Phi) is 4.89. The van der Waals surface area contributed by atoms with Crippen LogP contribution in [0.3, 0.4) is 0 Å². The summed E-state index contributed by atoms with van der Waals surface area (Å²) < 4.78 is 15.1. The second-order valence-electron chi connectivity index (χ2n) is 5.14. The third kappa shape index (κ3) is 4.11. The van der Waals surface area contributed by atoms with Gasteiger partial charge in [0.1, 0.15) is 5.75 Å². The molecule has 0 radical (unpaired) electrons. The van der Waals surface area contributed by atoms with Gasteiger partial charge in [-0.3, -0.25) is 0 Å². The van der Waals surface area contributed by atoms with Crippen LogP contribution in [0.15, 0.2) is 65.3 Å². The first kappa shape index (κ1) is 16.4. The first-order valence-electron chi connectivity index (χ1n) is 7.53. The third-order valence-electron chi connectivity index (χ3n) is 3.39. The molecule has 1 aliphatic rings. The van der Waals surface area contributed by atoms with E-state index in [9.17, 15) is 9.59 Å². The Labute approximate surface area is 144 Å². The molecule has 2 aromatic carbocycles.